The number of fused-ring (bicyclic) bond motifs is 1. The van der Waals surface area contributed by atoms with Gasteiger partial charge in [0.15, 0.2) is 17.7 Å². The minimum atomic E-state index is -1.42. The van der Waals surface area contributed by atoms with Crippen LogP contribution in [0.2, 0.25) is 5.15 Å². The smallest absolute Gasteiger partial charge is 0.410 e. The molecule has 0 saturated carbocycles. The van der Waals surface area contributed by atoms with Crippen LogP contribution in [0.4, 0.5) is 4.79 Å². The van der Waals surface area contributed by atoms with E-state index < -0.39 is 83.4 Å². The van der Waals surface area contributed by atoms with Crippen LogP contribution in [0.1, 0.15) is 93.3 Å². The van der Waals surface area contributed by atoms with E-state index in [1.54, 1.807) is 44.9 Å². The molecule has 0 aliphatic carbocycles. The lowest BCUT2D eigenvalue weighted by atomic mass is 9.73. The third-order valence-corrected chi connectivity index (χ3v) is 13.4. The zero-order chi connectivity index (χ0) is 44.4. The second-order valence-corrected chi connectivity index (χ2v) is 18.2. The summed E-state index contributed by atoms with van der Waals surface area (Å²) in [6.07, 6.45) is 0.788. The zero-order valence-corrected chi connectivity index (χ0v) is 38.1. The Balaban J connectivity index is 1.43. The number of cyclic esters (lactones) is 1. The number of imidazole rings is 1. The number of aryl methyl sites for hydroxylation is 2. The van der Waals surface area contributed by atoms with E-state index in [0.29, 0.717) is 31.0 Å². The summed E-state index contributed by atoms with van der Waals surface area (Å²) < 4.78 is 33.3. The van der Waals surface area contributed by atoms with Crippen molar-refractivity contribution in [3.05, 3.63) is 35.5 Å². The fraction of sp³-hybridized carbons (Fsp3) is 0.727. The molecule has 5 heterocycles. The van der Waals surface area contributed by atoms with E-state index in [0.717, 1.165) is 17.1 Å². The van der Waals surface area contributed by atoms with Crippen LogP contribution in [0.5, 0.6) is 0 Å². The van der Waals surface area contributed by atoms with Gasteiger partial charge in [0.1, 0.15) is 34.9 Å². The molecule has 0 bridgehead atoms. The number of hydrogen-bond donors (Lipinski definition) is 1. The fourth-order valence-corrected chi connectivity index (χ4v) is 9.79. The summed E-state index contributed by atoms with van der Waals surface area (Å²) in [5, 5.41) is 11.9. The lowest BCUT2D eigenvalue weighted by Crippen LogP contribution is -2.60. The van der Waals surface area contributed by atoms with Gasteiger partial charge in [0, 0.05) is 62.0 Å². The Kier molecular flexibility index (Phi) is 15.3. The predicted octanol–water partition coefficient (Wildman–Crippen LogP) is 5.89. The minimum absolute atomic E-state index is 0.122. The highest BCUT2D eigenvalue weighted by Crippen LogP contribution is 2.43. The molecule has 2 aromatic heterocycles. The Labute approximate surface area is 359 Å². The van der Waals surface area contributed by atoms with Crippen LogP contribution >= 0.6 is 11.6 Å². The van der Waals surface area contributed by atoms with Gasteiger partial charge in [-0.05, 0) is 93.0 Å². The van der Waals surface area contributed by atoms with Crippen molar-refractivity contribution in [3.63, 3.8) is 0 Å². The van der Waals surface area contributed by atoms with Crippen molar-refractivity contribution in [2.24, 2.45) is 23.7 Å². The highest BCUT2D eigenvalue weighted by atomic mass is 35.5. The standard InChI is InChI=1S/C44H66ClN5O10/c1-13-33-44(9)38(50(42(55)60-44)19-15-14-18-49-23-31(47-29(49)7)30-16-17-34(45)46-22-30)26(4)35(51)24(2)21-43(8,56-12)39(27(5)36(52)28(6)40(54)58-33)59-41-37(53)32(48(10)11)20-25(3)57-41/h16-17,22-28,32-33,37-39,41,53H,13-15,18-21H2,1-12H3/t24-,25-,26+,27+,28-,32+,33-,37-,38-,39?,41?,43+,44-/m1/s1. The average Bonchev–Trinajstić information content (AvgIpc) is 3.70. The lowest BCUT2D eigenvalue weighted by Gasteiger charge is -2.47. The third kappa shape index (κ3) is 9.76. The number of methoxy groups -OCH3 is 1. The summed E-state index contributed by atoms with van der Waals surface area (Å²) in [7, 11) is 5.24. The third-order valence-electron chi connectivity index (χ3n) is 13.2. The van der Waals surface area contributed by atoms with Crippen molar-refractivity contribution in [1.29, 1.82) is 0 Å². The number of ether oxygens (including phenoxy) is 5. The monoisotopic (exact) mass is 859 g/mol. The Morgan fingerprint density at radius 3 is 2.32 bits per heavy atom. The number of amides is 1. The number of likely N-dealkylation sites (N-methyl/N-ethyl adjacent to an activating group) is 1. The SMILES string of the molecule is CC[C@H]1OC(=O)[C@H](C)C(=O)[C@H](C)C(OC2O[C@H](C)C[C@H](N(C)C)[C@H]2O)[C@@](C)(OC)C[C@@H](C)C(=O)[C@H](C)[C@H]2N(CCCCn3cc(-c4ccc(Cl)nc4)nc3C)C(=O)O[C@]12C. The summed E-state index contributed by atoms with van der Waals surface area (Å²) in [4.78, 5) is 69.4. The van der Waals surface area contributed by atoms with Crippen LogP contribution in [0.3, 0.4) is 0 Å². The first-order valence-corrected chi connectivity index (χ1v) is 21.7. The molecule has 2 unspecified atom stereocenters. The molecule has 2 aromatic rings. The summed E-state index contributed by atoms with van der Waals surface area (Å²) in [6, 6.07) is 2.50. The van der Waals surface area contributed by atoms with Gasteiger partial charge in [0.25, 0.3) is 0 Å². The van der Waals surface area contributed by atoms with E-state index in [1.807, 2.05) is 63.5 Å². The van der Waals surface area contributed by atoms with Gasteiger partial charge in [-0.2, -0.15) is 0 Å². The second kappa shape index (κ2) is 19.3. The quantitative estimate of drug-likeness (QED) is 0.123. The number of ketones is 2. The number of carbonyl (C=O) groups is 4. The first-order chi connectivity index (χ1) is 28.2. The van der Waals surface area contributed by atoms with Gasteiger partial charge in [-0.3, -0.25) is 14.4 Å². The predicted molar refractivity (Wildman–Crippen MR) is 224 cm³/mol. The topological polar surface area (TPSA) is 172 Å². The zero-order valence-electron chi connectivity index (χ0n) is 37.3. The first-order valence-electron chi connectivity index (χ1n) is 21.3. The fourth-order valence-electron chi connectivity index (χ4n) is 9.67. The number of nitrogens with zero attached hydrogens (tertiary/aromatic N) is 5. The molecule has 16 heteroatoms. The van der Waals surface area contributed by atoms with Gasteiger partial charge in [-0.15, -0.1) is 0 Å². The van der Waals surface area contributed by atoms with Gasteiger partial charge in [0.2, 0.25) is 0 Å². The van der Waals surface area contributed by atoms with Crippen LogP contribution < -0.4 is 0 Å². The Hall–Kier alpha value is -3.47. The van der Waals surface area contributed by atoms with Gasteiger partial charge < -0.3 is 43.2 Å². The van der Waals surface area contributed by atoms with Gasteiger partial charge in [-0.25, -0.2) is 14.8 Å². The number of Topliss-reactive ketones (excluding diaryl/α,β-unsaturated/α-hetero) is 2. The van der Waals surface area contributed by atoms with E-state index >= 15 is 0 Å². The Morgan fingerprint density at radius 1 is 1.02 bits per heavy atom. The maximum absolute atomic E-state index is 14.8. The van der Waals surface area contributed by atoms with Gasteiger partial charge in [-0.1, -0.05) is 39.3 Å². The Bertz CT molecular complexity index is 1840. The molecule has 3 fully saturated rings. The number of unbranched alkanes of at least 4 members (excludes halogenated alkanes) is 1. The largest absolute Gasteiger partial charge is 0.458 e. The van der Waals surface area contributed by atoms with E-state index in [1.165, 1.54) is 14.0 Å². The summed E-state index contributed by atoms with van der Waals surface area (Å²) >= 11 is 5.98. The van der Waals surface area contributed by atoms with Crippen molar-refractivity contribution >= 4 is 35.2 Å². The van der Waals surface area contributed by atoms with Crippen molar-refractivity contribution in [2.75, 3.05) is 27.7 Å². The van der Waals surface area contributed by atoms with E-state index in [9.17, 15) is 24.3 Å². The number of carbonyl (C=O) groups excluding carboxylic acids is 4. The molecule has 15 nitrogen and oxygen atoms in total. The number of aromatic nitrogens is 3. The minimum Gasteiger partial charge on any atom is -0.458 e. The van der Waals surface area contributed by atoms with Crippen LogP contribution in [-0.2, 0) is 44.6 Å². The first kappa shape index (κ1) is 47.6. The van der Waals surface area contributed by atoms with E-state index in [-0.39, 0.29) is 37.3 Å². The van der Waals surface area contributed by atoms with Crippen LogP contribution in [0.25, 0.3) is 11.3 Å². The molecule has 0 spiro atoms. The molecule has 13 atom stereocenters. The number of esters is 1. The molecule has 1 N–H and O–H groups in total. The van der Waals surface area contributed by atoms with E-state index in [2.05, 4.69) is 4.98 Å². The van der Waals surface area contributed by atoms with Gasteiger partial charge >= 0.3 is 12.1 Å². The molecule has 3 aliphatic rings. The number of hydrogen-bond acceptors (Lipinski definition) is 13. The molecule has 0 aromatic carbocycles. The molecule has 0 radical (unpaired) electrons. The van der Waals surface area contributed by atoms with Gasteiger partial charge in [0.05, 0.1) is 29.5 Å². The van der Waals surface area contributed by atoms with Crippen molar-refractivity contribution in [3.8, 4) is 11.3 Å². The molecular weight excluding hydrogens is 794 g/mol. The van der Waals surface area contributed by atoms with E-state index in [4.69, 9.17) is 40.3 Å². The van der Waals surface area contributed by atoms with Crippen LogP contribution in [-0.4, -0.2) is 135 Å². The average molecular weight is 860 g/mol. The molecular formula is C44H66ClN5O10. The highest BCUT2D eigenvalue weighted by Gasteiger charge is 2.60. The molecule has 334 valence electrons. The highest BCUT2D eigenvalue weighted by molar-refractivity contribution is 6.29. The maximum Gasteiger partial charge on any atom is 0.410 e. The number of rotatable bonds is 11. The van der Waals surface area contributed by atoms with Crippen LogP contribution in [0.15, 0.2) is 24.5 Å². The molecule has 3 aliphatic heterocycles. The number of aliphatic hydroxyl groups is 1. The van der Waals surface area contributed by atoms with Crippen molar-refractivity contribution in [2.45, 2.75) is 155 Å². The summed E-state index contributed by atoms with van der Waals surface area (Å²) in [6.45, 7) is 16.8. The molecule has 60 heavy (non-hydrogen) atoms. The molecule has 1 amide bonds. The Morgan fingerprint density at radius 2 is 1.70 bits per heavy atom. The lowest BCUT2D eigenvalue weighted by molar-refractivity contribution is -0.295. The number of aliphatic hydroxyl groups excluding tert-OH is 1. The summed E-state index contributed by atoms with van der Waals surface area (Å²) in [5.74, 6) is -4.18. The molecule has 3 saturated heterocycles. The van der Waals surface area contributed by atoms with Crippen LogP contribution in [0, 0.1) is 30.6 Å². The van der Waals surface area contributed by atoms with Crippen molar-refractivity contribution < 1.29 is 48.0 Å². The number of halogens is 1. The normalized spacial score (nSPS) is 35.9. The number of pyridine rings is 1. The maximum atomic E-state index is 14.8. The summed E-state index contributed by atoms with van der Waals surface area (Å²) in [5.41, 5.74) is -1.07. The van der Waals surface area contributed by atoms with Crippen molar-refractivity contribution in [1.82, 2.24) is 24.3 Å². The molecule has 5 rings (SSSR count). The second-order valence-electron chi connectivity index (χ2n) is 17.8.